The van der Waals surface area contributed by atoms with Crippen molar-refractivity contribution >= 4 is 34.8 Å². The number of amides is 1. The van der Waals surface area contributed by atoms with Crippen molar-refractivity contribution < 1.29 is 9.53 Å². The molecule has 2 rings (SSSR count). The number of hydrogen-bond acceptors (Lipinski definition) is 3. The Morgan fingerprint density at radius 1 is 1.21 bits per heavy atom. The number of nitrogens with one attached hydrogen (secondary N) is 1. The molecule has 0 aliphatic carbocycles. The molecule has 0 radical (unpaired) electrons. The van der Waals surface area contributed by atoms with Crippen molar-refractivity contribution in [2.24, 2.45) is 0 Å². The Morgan fingerprint density at radius 2 is 1.88 bits per heavy atom. The van der Waals surface area contributed by atoms with Crippen LogP contribution in [-0.2, 0) is 11.3 Å². The SMILES string of the molecule is COc1ccc(C)cc1CN(C)CC(=O)Nc1c(Cl)cccc1Cl. The van der Waals surface area contributed by atoms with Gasteiger partial charge in [-0.1, -0.05) is 47.0 Å². The maximum absolute atomic E-state index is 12.2. The molecule has 0 bridgehead atoms. The molecule has 0 saturated heterocycles. The van der Waals surface area contributed by atoms with Gasteiger partial charge in [0.15, 0.2) is 0 Å². The van der Waals surface area contributed by atoms with Gasteiger partial charge in [0.25, 0.3) is 0 Å². The minimum atomic E-state index is -0.181. The lowest BCUT2D eigenvalue weighted by Gasteiger charge is -2.19. The molecular weight excluding hydrogens is 347 g/mol. The van der Waals surface area contributed by atoms with E-state index in [0.717, 1.165) is 16.9 Å². The molecule has 128 valence electrons. The van der Waals surface area contributed by atoms with Gasteiger partial charge in [-0.15, -0.1) is 0 Å². The standard InChI is InChI=1S/C18H20Cl2N2O2/c1-12-7-8-16(24-3)13(9-12)10-22(2)11-17(23)21-18-14(19)5-4-6-15(18)20/h4-9H,10-11H2,1-3H3,(H,21,23). The number of halogens is 2. The minimum absolute atomic E-state index is 0.181. The summed E-state index contributed by atoms with van der Waals surface area (Å²) >= 11 is 12.1. The Balaban J connectivity index is 2.01. The Bertz CT molecular complexity index is 715. The number of anilines is 1. The Hall–Kier alpha value is -1.75. The maximum Gasteiger partial charge on any atom is 0.238 e. The van der Waals surface area contributed by atoms with E-state index >= 15 is 0 Å². The number of likely N-dealkylation sites (N-methyl/N-ethyl adjacent to an activating group) is 1. The van der Waals surface area contributed by atoms with E-state index in [0.29, 0.717) is 22.3 Å². The average molecular weight is 367 g/mol. The zero-order valence-corrected chi connectivity index (χ0v) is 15.4. The molecule has 0 aliphatic rings. The van der Waals surface area contributed by atoms with E-state index < -0.39 is 0 Å². The van der Waals surface area contributed by atoms with E-state index in [2.05, 4.69) is 11.4 Å². The van der Waals surface area contributed by atoms with E-state index in [-0.39, 0.29) is 12.5 Å². The zero-order valence-electron chi connectivity index (χ0n) is 13.9. The Kier molecular flexibility index (Phi) is 6.49. The van der Waals surface area contributed by atoms with Gasteiger partial charge >= 0.3 is 0 Å². The van der Waals surface area contributed by atoms with E-state index in [1.807, 2.05) is 31.0 Å². The number of ether oxygens (including phenoxy) is 1. The van der Waals surface area contributed by atoms with Crippen LogP contribution in [0.15, 0.2) is 36.4 Å². The monoisotopic (exact) mass is 366 g/mol. The van der Waals surface area contributed by atoms with Gasteiger partial charge in [0.05, 0.1) is 29.4 Å². The summed E-state index contributed by atoms with van der Waals surface area (Å²) in [4.78, 5) is 14.1. The van der Waals surface area contributed by atoms with Gasteiger partial charge in [-0.25, -0.2) is 0 Å². The third kappa shape index (κ3) is 4.87. The lowest BCUT2D eigenvalue weighted by atomic mass is 10.1. The van der Waals surface area contributed by atoms with Crippen LogP contribution in [0.1, 0.15) is 11.1 Å². The topological polar surface area (TPSA) is 41.6 Å². The highest BCUT2D eigenvalue weighted by Gasteiger charge is 2.13. The highest BCUT2D eigenvalue weighted by molar-refractivity contribution is 6.39. The summed E-state index contributed by atoms with van der Waals surface area (Å²) in [5.41, 5.74) is 2.61. The number of hydrogen-bond donors (Lipinski definition) is 1. The first kappa shape index (κ1) is 18.6. The van der Waals surface area contributed by atoms with Gasteiger partial charge in [-0.05, 0) is 32.2 Å². The van der Waals surface area contributed by atoms with Crippen LogP contribution in [0.4, 0.5) is 5.69 Å². The summed E-state index contributed by atoms with van der Waals surface area (Å²) in [6.07, 6.45) is 0. The normalized spacial score (nSPS) is 10.8. The van der Waals surface area contributed by atoms with Crippen LogP contribution in [0.5, 0.6) is 5.75 Å². The van der Waals surface area contributed by atoms with Crippen LogP contribution in [-0.4, -0.2) is 31.5 Å². The van der Waals surface area contributed by atoms with Crippen LogP contribution in [0.25, 0.3) is 0 Å². The predicted octanol–water partition coefficient (Wildman–Crippen LogP) is 4.38. The molecule has 0 fully saturated rings. The highest BCUT2D eigenvalue weighted by Crippen LogP contribution is 2.29. The van der Waals surface area contributed by atoms with Crippen LogP contribution in [0.3, 0.4) is 0 Å². The van der Waals surface area contributed by atoms with Crippen LogP contribution in [0.2, 0.25) is 10.0 Å². The first-order chi connectivity index (χ1) is 11.4. The van der Waals surface area contributed by atoms with Crippen LogP contribution >= 0.6 is 23.2 Å². The minimum Gasteiger partial charge on any atom is -0.496 e. The van der Waals surface area contributed by atoms with Crippen LogP contribution in [0, 0.1) is 6.92 Å². The molecule has 4 nitrogen and oxygen atoms in total. The number of aryl methyl sites for hydroxylation is 1. The quantitative estimate of drug-likeness (QED) is 0.824. The van der Waals surface area contributed by atoms with Gasteiger partial charge in [0, 0.05) is 12.1 Å². The molecule has 0 spiro atoms. The van der Waals surface area contributed by atoms with Gasteiger partial charge in [-0.2, -0.15) is 0 Å². The van der Waals surface area contributed by atoms with Gasteiger partial charge in [-0.3, -0.25) is 9.69 Å². The largest absolute Gasteiger partial charge is 0.496 e. The van der Waals surface area contributed by atoms with Crippen molar-refractivity contribution in [3.8, 4) is 5.75 Å². The number of methoxy groups -OCH3 is 1. The first-order valence-corrected chi connectivity index (χ1v) is 8.22. The average Bonchev–Trinajstić information content (AvgIpc) is 2.51. The second kappa shape index (κ2) is 8.38. The third-order valence-electron chi connectivity index (χ3n) is 3.52. The van der Waals surface area contributed by atoms with Crippen molar-refractivity contribution in [3.63, 3.8) is 0 Å². The van der Waals surface area contributed by atoms with Gasteiger partial charge in [0.1, 0.15) is 5.75 Å². The third-order valence-corrected chi connectivity index (χ3v) is 4.15. The molecule has 0 atom stereocenters. The highest BCUT2D eigenvalue weighted by atomic mass is 35.5. The first-order valence-electron chi connectivity index (χ1n) is 7.46. The van der Waals surface area contributed by atoms with Gasteiger partial charge in [0.2, 0.25) is 5.91 Å². The van der Waals surface area contributed by atoms with Crippen molar-refractivity contribution in [2.45, 2.75) is 13.5 Å². The molecule has 24 heavy (non-hydrogen) atoms. The number of rotatable bonds is 6. The summed E-state index contributed by atoms with van der Waals surface area (Å²) in [7, 11) is 3.51. The Labute approximate surface area is 152 Å². The maximum atomic E-state index is 12.2. The molecule has 0 unspecified atom stereocenters. The number of nitrogens with zero attached hydrogens (tertiary/aromatic N) is 1. The van der Waals surface area contributed by atoms with Crippen molar-refractivity contribution in [3.05, 3.63) is 57.6 Å². The van der Waals surface area contributed by atoms with E-state index in [4.69, 9.17) is 27.9 Å². The van der Waals surface area contributed by atoms with Crippen molar-refractivity contribution in [1.82, 2.24) is 4.90 Å². The fourth-order valence-corrected chi connectivity index (χ4v) is 2.91. The second-order valence-electron chi connectivity index (χ2n) is 5.63. The molecule has 0 aliphatic heterocycles. The molecule has 1 amide bonds. The zero-order chi connectivity index (χ0) is 17.7. The van der Waals surface area contributed by atoms with Gasteiger partial charge < -0.3 is 10.1 Å². The summed E-state index contributed by atoms with van der Waals surface area (Å²) in [6, 6.07) is 11.1. The molecule has 2 aromatic carbocycles. The number of benzene rings is 2. The smallest absolute Gasteiger partial charge is 0.238 e. The number of carbonyl (C=O) groups excluding carboxylic acids is 1. The van der Waals surface area contributed by atoms with E-state index in [9.17, 15) is 4.79 Å². The van der Waals surface area contributed by atoms with Crippen molar-refractivity contribution in [2.75, 3.05) is 26.0 Å². The molecule has 2 aromatic rings. The number of carbonyl (C=O) groups is 1. The predicted molar refractivity (Wildman–Crippen MR) is 99.2 cm³/mol. The molecule has 0 saturated carbocycles. The molecular formula is C18H20Cl2N2O2. The summed E-state index contributed by atoms with van der Waals surface area (Å²) in [5, 5.41) is 3.59. The lowest BCUT2D eigenvalue weighted by Crippen LogP contribution is -2.30. The fourth-order valence-electron chi connectivity index (χ4n) is 2.42. The van der Waals surface area contributed by atoms with Crippen molar-refractivity contribution in [1.29, 1.82) is 0 Å². The lowest BCUT2D eigenvalue weighted by molar-refractivity contribution is -0.117. The molecule has 0 aromatic heterocycles. The Morgan fingerprint density at radius 3 is 2.50 bits per heavy atom. The summed E-state index contributed by atoms with van der Waals surface area (Å²) in [5.74, 6) is 0.626. The van der Waals surface area contributed by atoms with E-state index in [1.54, 1.807) is 25.3 Å². The molecule has 6 heteroatoms. The van der Waals surface area contributed by atoms with E-state index in [1.165, 1.54) is 0 Å². The summed E-state index contributed by atoms with van der Waals surface area (Å²) in [6.45, 7) is 2.82. The molecule has 0 heterocycles. The second-order valence-corrected chi connectivity index (χ2v) is 6.45. The molecule has 1 N–H and O–H groups in total. The number of para-hydroxylation sites is 1. The van der Waals surface area contributed by atoms with Crippen LogP contribution < -0.4 is 10.1 Å². The summed E-state index contributed by atoms with van der Waals surface area (Å²) < 4.78 is 5.37. The fraction of sp³-hybridized carbons (Fsp3) is 0.278.